The van der Waals surface area contributed by atoms with Crippen LogP contribution in [-0.4, -0.2) is 11.1 Å². The van der Waals surface area contributed by atoms with E-state index >= 15 is 0 Å². The molecule has 0 aromatic heterocycles. The molecule has 1 rings (SSSR count). The molecule has 1 nitrogen and oxygen atoms in total. The van der Waals surface area contributed by atoms with Crippen LogP contribution in [0.4, 0.5) is 0 Å². The minimum Gasteiger partial charge on any atom is -0.306 e. The first-order valence-electron chi connectivity index (χ1n) is 6.50. The normalized spacial score (nSPS) is 33.4. The highest BCUT2D eigenvalue weighted by atomic mass is 15.1. The smallest absolute Gasteiger partial charge is 0.0186 e. The van der Waals surface area contributed by atoms with E-state index in [-0.39, 0.29) is 27.3 Å². The van der Waals surface area contributed by atoms with Crippen molar-refractivity contribution in [2.75, 3.05) is 0 Å². The van der Waals surface area contributed by atoms with Crippen LogP contribution in [0.2, 0.25) is 0 Å². The summed E-state index contributed by atoms with van der Waals surface area (Å²) in [6.45, 7) is 23.8. The summed E-state index contributed by atoms with van der Waals surface area (Å²) in [5.74, 6) is 0. The average molecular weight is 225 g/mol. The molecule has 96 valence electrons. The first kappa shape index (κ1) is 14.0. The van der Waals surface area contributed by atoms with Crippen LogP contribution in [0.3, 0.4) is 0 Å². The Bertz CT molecular complexity index is 265. The standard InChI is InChI=1S/C15H31N/c1-11(2)12(3,4)14(7,8)16-15(9,10)13(11,5)6/h16H,1-10H3. The predicted molar refractivity (Wildman–Crippen MR) is 72.6 cm³/mol. The number of hydrogen-bond acceptors (Lipinski definition) is 1. The van der Waals surface area contributed by atoms with Gasteiger partial charge in [-0.05, 0) is 43.9 Å². The monoisotopic (exact) mass is 225 g/mol. The Labute approximate surface area is 102 Å². The average Bonchev–Trinajstić information content (AvgIpc) is 1.98. The minimum absolute atomic E-state index is 0.148. The lowest BCUT2D eigenvalue weighted by molar-refractivity contribution is -0.166. The van der Waals surface area contributed by atoms with Gasteiger partial charge in [0, 0.05) is 11.1 Å². The Morgan fingerprint density at radius 2 is 0.688 bits per heavy atom. The molecular formula is C15H31N. The van der Waals surface area contributed by atoms with E-state index in [2.05, 4.69) is 74.6 Å². The van der Waals surface area contributed by atoms with Crippen LogP contribution in [0, 0.1) is 16.2 Å². The van der Waals surface area contributed by atoms with Crippen LogP contribution in [0.15, 0.2) is 0 Å². The fourth-order valence-electron chi connectivity index (χ4n) is 3.44. The third-order valence-corrected chi connectivity index (χ3v) is 6.88. The van der Waals surface area contributed by atoms with Gasteiger partial charge in [0.25, 0.3) is 0 Å². The molecule has 0 aromatic carbocycles. The van der Waals surface area contributed by atoms with Crippen LogP contribution in [-0.2, 0) is 0 Å². The van der Waals surface area contributed by atoms with E-state index < -0.39 is 0 Å². The van der Waals surface area contributed by atoms with Gasteiger partial charge in [-0.15, -0.1) is 0 Å². The van der Waals surface area contributed by atoms with Gasteiger partial charge in [-0.2, -0.15) is 0 Å². The molecule has 0 atom stereocenters. The van der Waals surface area contributed by atoms with Gasteiger partial charge in [-0.3, -0.25) is 0 Å². The van der Waals surface area contributed by atoms with E-state index in [0.717, 1.165) is 0 Å². The second-order valence-corrected chi connectivity index (χ2v) is 8.25. The molecule has 1 heterocycles. The molecule has 0 spiro atoms. The molecular weight excluding hydrogens is 194 g/mol. The fourth-order valence-corrected chi connectivity index (χ4v) is 3.44. The molecule has 1 heteroatoms. The maximum Gasteiger partial charge on any atom is 0.0186 e. The molecule has 0 amide bonds. The summed E-state index contributed by atoms with van der Waals surface area (Å²) in [6, 6.07) is 0. The second-order valence-electron chi connectivity index (χ2n) is 8.25. The first-order valence-corrected chi connectivity index (χ1v) is 6.50. The third-order valence-electron chi connectivity index (χ3n) is 6.88. The van der Waals surface area contributed by atoms with Gasteiger partial charge in [-0.1, -0.05) is 41.5 Å². The lowest BCUT2D eigenvalue weighted by Gasteiger charge is -2.70. The molecule has 1 fully saturated rings. The molecule has 0 bridgehead atoms. The van der Waals surface area contributed by atoms with Crippen LogP contribution in [0.1, 0.15) is 69.2 Å². The maximum atomic E-state index is 3.87. The van der Waals surface area contributed by atoms with Crippen molar-refractivity contribution in [1.29, 1.82) is 0 Å². The zero-order valence-electron chi connectivity index (χ0n) is 13.0. The first-order chi connectivity index (χ1) is 6.71. The van der Waals surface area contributed by atoms with Gasteiger partial charge in [0.05, 0.1) is 0 Å². The zero-order valence-corrected chi connectivity index (χ0v) is 13.0. The summed E-state index contributed by atoms with van der Waals surface area (Å²) in [7, 11) is 0. The quantitative estimate of drug-likeness (QED) is 0.650. The van der Waals surface area contributed by atoms with E-state index in [0.29, 0.717) is 0 Å². The Kier molecular flexibility index (Phi) is 2.67. The van der Waals surface area contributed by atoms with Gasteiger partial charge < -0.3 is 5.32 Å². The summed E-state index contributed by atoms with van der Waals surface area (Å²) in [5.41, 5.74) is 1.07. The molecule has 0 radical (unpaired) electrons. The second kappa shape index (κ2) is 3.04. The summed E-state index contributed by atoms with van der Waals surface area (Å²) in [4.78, 5) is 0. The van der Waals surface area contributed by atoms with Gasteiger partial charge >= 0.3 is 0 Å². The van der Waals surface area contributed by atoms with E-state index in [1.807, 2.05) is 0 Å². The van der Waals surface area contributed by atoms with E-state index in [9.17, 15) is 0 Å². The van der Waals surface area contributed by atoms with Crippen molar-refractivity contribution in [3.8, 4) is 0 Å². The topological polar surface area (TPSA) is 12.0 Å². The summed E-state index contributed by atoms with van der Waals surface area (Å²) in [5, 5.41) is 3.87. The highest BCUT2D eigenvalue weighted by Crippen LogP contribution is 2.63. The minimum atomic E-state index is 0.148. The summed E-state index contributed by atoms with van der Waals surface area (Å²) >= 11 is 0. The van der Waals surface area contributed by atoms with Gasteiger partial charge in [0.2, 0.25) is 0 Å². The van der Waals surface area contributed by atoms with Crippen molar-refractivity contribution in [2.45, 2.75) is 80.3 Å². The van der Waals surface area contributed by atoms with Crippen LogP contribution in [0.5, 0.6) is 0 Å². The van der Waals surface area contributed by atoms with E-state index in [1.54, 1.807) is 0 Å². The lowest BCUT2D eigenvalue weighted by Crippen LogP contribution is -2.76. The van der Waals surface area contributed by atoms with Crippen molar-refractivity contribution in [2.24, 2.45) is 16.2 Å². The highest BCUT2D eigenvalue weighted by molar-refractivity contribution is 5.18. The van der Waals surface area contributed by atoms with Crippen molar-refractivity contribution in [3.63, 3.8) is 0 Å². The number of rotatable bonds is 0. The zero-order chi connectivity index (χ0) is 13.2. The van der Waals surface area contributed by atoms with Crippen molar-refractivity contribution in [3.05, 3.63) is 0 Å². The van der Waals surface area contributed by atoms with Crippen LogP contribution in [0.25, 0.3) is 0 Å². The van der Waals surface area contributed by atoms with Crippen LogP contribution >= 0.6 is 0 Å². The summed E-state index contributed by atoms with van der Waals surface area (Å²) in [6.07, 6.45) is 0. The van der Waals surface area contributed by atoms with Crippen LogP contribution < -0.4 is 5.32 Å². The lowest BCUT2D eigenvalue weighted by atomic mass is 9.42. The van der Waals surface area contributed by atoms with Crippen molar-refractivity contribution < 1.29 is 0 Å². The molecule has 1 aliphatic heterocycles. The predicted octanol–water partition coefficient (Wildman–Crippen LogP) is 4.23. The fraction of sp³-hybridized carbons (Fsp3) is 1.00. The number of hydrogen-bond donors (Lipinski definition) is 1. The Morgan fingerprint density at radius 3 is 0.938 bits per heavy atom. The molecule has 16 heavy (non-hydrogen) atoms. The van der Waals surface area contributed by atoms with E-state index in [1.165, 1.54) is 0 Å². The largest absolute Gasteiger partial charge is 0.306 e. The van der Waals surface area contributed by atoms with Gasteiger partial charge in [0.1, 0.15) is 0 Å². The number of nitrogens with one attached hydrogen (secondary N) is 1. The molecule has 1 aliphatic rings. The van der Waals surface area contributed by atoms with Crippen molar-refractivity contribution >= 4 is 0 Å². The Balaban J connectivity index is 3.43. The SMILES string of the molecule is CC1(C)NC(C)(C)C(C)(C)C(C)(C)C1(C)C. The Hall–Kier alpha value is -0.0400. The maximum absolute atomic E-state index is 3.87. The molecule has 0 aliphatic carbocycles. The molecule has 0 unspecified atom stereocenters. The van der Waals surface area contributed by atoms with E-state index in [4.69, 9.17) is 0 Å². The molecule has 1 saturated heterocycles. The summed E-state index contributed by atoms with van der Waals surface area (Å²) < 4.78 is 0. The Morgan fingerprint density at radius 1 is 0.438 bits per heavy atom. The van der Waals surface area contributed by atoms with Gasteiger partial charge in [0.15, 0.2) is 0 Å². The van der Waals surface area contributed by atoms with Gasteiger partial charge in [-0.25, -0.2) is 0 Å². The number of piperidine rings is 1. The third kappa shape index (κ3) is 1.33. The molecule has 0 aromatic rings. The molecule has 1 N–H and O–H groups in total. The highest BCUT2D eigenvalue weighted by Gasteiger charge is 2.64. The molecule has 0 saturated carbocycles. The van der Waals surface area contributed by atoms with Crippen molar-refractivity contribution in [1.82, 2.24) is 5.32 Å².